The van der Waals surface area contributed by atoms with E-state index in [4.69, 9.17) is 4.74 Å². The van der Waals surface area contributed by atoms with Gasteiger partial charge in [0.25, 0.3) is 0 Å². The number of hydrogen-bond acceptors (Lipinski definition) is 5. The predicted molar refractivity (Wildman–Crippen MR) is 123 cm³/mol. The molecule has 1 saturated heterocycles. The van der Waals surface area contributed by atoms with Crippen LogP contribution in [0.4, 0.5) is 5.69 Å². The lowest BCUT2D eigenvalue weighted by Gasteiger charge is -2.41. The summed E-state index contributed by atoms with van der Waals surface area (Å²) in [5.41, 5.74) is 0.606. The molecule has 0 spiro atoms. The highest BCUT2D eigenvalue weighted by Gasteiger charge is 2.30. The van der Waals surface area contributed by atoms with Crippen molar-refractivity contribution in [2.75, 3.05) is 58.7 Å². The fourth-order valence-corrected chi connectivity index (χ4v) is 4.43. The summed E-state index contributed by atoms with van der Waals surface area (Å²) >= 11 is 0. The normalized spacial score (nSPS) is 22.4. The molecule has 1 aromatic carbocycles. The van der Waals surface area contributed by atoms with Crippen molar-refractivity contribution in [3.63, 3.8) is 0 Å². The van der Waals surface area contributed by atoms with Crippen LogP contribution in [0.2, 0.25) is 0 Å². The second kappa shape index (κ2) is 11.5. The van der Waals surface area contributed by atoms with Gasteiger partial charge in [0.1, 0.15) is 5.75 Å². The number of anilines is 1. The molecule has 2 fully saturated rings. The first kappa shape index (κ1) is 23.5. The van der Waals surface area contributed by atoms with Crippen LogP contribution in [0.15, 0.2) is 24.3 Å². The Labute approximate surface area is 186 Å². The summed E-state index contributed by atoms with van der Waals surface area (Å²) in [6.45, 7) is 6.92. The molecule has 1 aromatic rings. The Morgan fingerprint density at radius 2 is 1.68 bits per heavy atom. The van der Waals surface area contributed by atoms with Crippen molar-refractivity contribution in [2.24, 2.45) is 5.92 Å². The zero-order valence-corrected chi connectivity index (χ0v) is 19.3. The van der Waals surface area contributed by atoms with Gasteiger partial charge in [0.15, 0.2) is 0 Å². The minimum Gasteiger partial charge on any atom is -0.494 e. The van der Waals surface area contributed by atoms with E-state index in [0.29, 0.717) is 31.4 Å². The quantitative estimate of drug-likeness (QED) is 0.532. The number of carbonyl (C=O) groups is 2. The molecule has 2 amide bonds. The Hall–Kier alpha value is -2.12. The number of rotatable bonds is 7. The number of hydrogen-bond donors (Lipinski definition) is 1. The van der Waals surface area contributed by atoms with Crippen LogP contribution in [-0.4, -0.2) is 86.0 Å². The molecule has 0 aromatic heterocycles. The molecule has 7 heteroatoms. The molecule has 0 unspecified atom stereocenters. The number of piperazine rings is 1. The highest BCUT2D eigenvalue weighted by atomic mass is 16.5. The summed E-state index contributed by atoms with van der Waals surface area (Å²) in [4.78, 5) is 31.3. The molecule has 1 saturated carbocycles. The van der Waals surface area contributed by atoms with Gasteiger partial charge in [-0.1, -0.05) is 6.92 Å². The standard InChI is InChI=1S/C24H38N4O3/c1-19-5-9-21(10-6-19)27-14-16-28(17-15-27)24(30)23(29)25-20-7-11-22(12-8-20)31-18-4-13-26(2)3/h7-8,11-12,19,21H,4-6,9-10,13-18H2,1-3H3,(H,25,29). The van der Waals surface area contributed by atoms with Crippen molar-refractivity contribution in [1.29, 1.82) is 0 Å². The van der Waals surface area contributed by atoms with Crippen molar-refractivity contribution in [3.05, 3.63) is 24.3 Å². The topological polar surface area (TPSA) is 65.1 Å². The van der Waals surface area contributed by atoms with Crippen LogP contribution in [0, 0.1) is 5.92 Å². The largest absolute Gasteiger partial charge is 0.494 e. The van der Waals surface area contributed by atoms with Crippen LogP contribution >= 0.6 is 0 Å². The van der Waals surface area contributed by atoms with Gasteiger partial charge in [0.2, 0.25) is 0 Å². The average molecular weight is 431 g/mol. The predicted octanol–water partition coefficient (Wildman–Crippen LogP) is 2.68. The first-order valence-electron chi connectivity index (χ1n) is 11.6. The Bertz CT molecular complexity index is 706. The Kier molecular flexibility index (Phi) is 8.72. The molecule has 0 bridgehead atoms. The molecule has 3 rings (SSSR count). The minimum atomic E-state index is -0.570. The lowest BCUT2D eigenvalue weighted by atomic mass is 9.86. The lowest BCUT2D eigenvalue weighted by molar-refractivity contribution is -0.144. The van der Waals surface area contributed by atoms with E-state index >= 15 is 0 Å². The van der Waals surface area contributed by atoms with Gasteiger partial charge in [0.05, 0.1) is 6.61 Å². The summed E-state index contributed by atoms with van der Waals surface area (Å²) in [5.74, 6) is 0.586. The van der Waals surface area contributed by atoms with Crippen LogP contribution in [0.25, 0.3) is 0 Å². The van der Waals surface area contributed by atoms with Crippen LogP contribution in [0.5, 0.6) is 5.75 Å². The van der Waals surface area contributed by atoms with Gasteiger partial charge < -0.3 is 19.9 Å². The van der Waals surface area contributed by atoms with E-state index in [1.807, 2.05) is 26.2 Å². The van der Waals surface area contributed by atoms with Crippen molar-refractivity contribution in [2.45, 2.75) is 45.1 Å². The highest BCUT2D eigenvalue weighted by molar-refractivity contribution is 6.39. The zero-order chi connectivity index (χ0) is 22.2. The first-order chi connectivity index (χ1) is 14.9. The fourth-order valence-electron chi connectivity index (χ4n) is 4.43. The summed E-state index contributed by atoms with van der Waals surface area (Å²) in [7, 11) is 4.08. The van der Waals surface area contributed by atoms with E-state index in [9.17, 15) is 9.59 Å². The maximum absolute atomic E-state index is 12.6. The number of benzene rings is 1. The maximum Gasteiger partial charge on any atom is 0.313 e. The van der Waals surface area contributed by atoms with E-state index in [1.54, 1.807) is 17.0 Å². The van der Waals surface area contributed by atoms with Crippen molar-refractivity contribution >= 4 is 17.5 Å². The van der Waals surface area contributed by atoms with E-state index in [0.717, 1.165) is 37.7 Å². The molecule has 1 heterocycles. The smallest absolute Gasteiger partial charge is 0.313 e. The van der Waals surface area contributed by atoms with Gasteiger partial charge in [0, 0.05) is 44.5 Å². The van der Waals surface area contributed by atoms with E-state index in [1.165, 1.54) is 25.7 Å². The third-order valence-corrected chi connectivity index (χ3v) is 6.43. The van der Waals surface area contributed by atoms with Crippen LogP contribution in [0.3, 0.4) is 0 Å². The van der Waals surface area contributed by atoms with E-state index in [-0.39, 0.29) is 0 Å². The van der Waals surface area contributed by atoms with Gasteiger partial charge in [-0.2, -0.15) is 0 Å². The number of carbonyl (C=O) groups excluding carboxylic acids is 2. The maximum atomic E-state index is 12.6. The Balaban J connectivity index is 1.40. The molecular formula is C24H38N4O3. The second-order valence-corrected chi connectivity index (χ2v) is 9.23. The molecule has 2 aliphatic rings. The molecule has 172 valence electrons. The molecular weight excluding hydrogens is 392 g/mol. The molecule has 1 N–H and O–H groups in total. The number of nitrogens with zero attached hydrogens (tertiary/aromatic N) is 3. The number of ether oxygens (including phenoxy) is 1. The van der Waals surface area contributed by atoms with Crippen LogP contribution in [0.1, 0.15) is 39.0 Å². The second-order valence-electron chi connectivity index (χ2n) is 9.23. The third-order valence-electron chi connectivity index (χ3n) is 6.43. The lowest BCUT2D eigenvalue weighted by Crippen LogP contribution is -2.54. The molecule has 7 nitrogen and oxygen atoms in total. The molecule has 31 heavy (non-hydrogen) atoms. The molecule has 1 aliphatic heterocycles. The van der Waals surface area contributed by atoms with E-state index < -0.39 is 11.8 Å². The summed E-state index contributed by atoms with van der Waals surface area (Å²) in [6, 6.07) is 7.83. The zero-order valence-electron chi connectivity index (χ0n) is 19.3. The summed E-state index contributed by atoms with van der Waals surface area (Å²) in [6.07, 6.45) is 6.06. The SMILES string of the molecule is CC1CCC(N2CCN(C(=O)C(=O)Nc3ccc(OCCCN(C)C)cc3)CC2)CC1. The summed E-state index contributed by atoms with van der Waals surface area (Å²) in [5, 5.41) is 2.72. The van der Waals surface area contributed by atoms with Gasteiger partial charge >= 0.3 is 11.8 Å². The molecule has 0 radical (unpaired) electrons. The van der Waals surface area contributed by atoms with Gasteiger partial charge in [-0.25, -0.2) is 0 Å². The fraction of sp³-hybridized carbons (Fsp3) is 0.667. The van der Waals surface area contributed by atoms with Crippen molar-refractivity contribution in [1.82, 2.24) is 14.7 Å². The van der Waals surface area contributed by atoms with Crippen LogP contribution in [-0.2, 0) is 9.59 Å². The highest BCUT2D eigenvalue weighted by Crippen LogP contribution is 2.27. The Morgan fingerprint density at radius 1 is 1.03 bits per heavy atom. The average Bonchev–Trinajstić information content (AvgIpc) is 2.78. The molecule has 0 atom stereocenters. The third kappa shape index (κ3) is 7.21. The minimum absolute atomic E-state index is 0.444. The number of amides is 2. The monoisotopic (exact) mass is 430 g/mol. The van der Waals surface area contributed by atoms with Gasteiger partial charge in [-0.15, -0.1) is 0 Å². The van der Waals surface area contributed by atoms with Crippen molar-refractivity contribution < 1.29 is 14.3 Å². The Morgan fingerprint density at radius 3 is 2.29 bits per heavy atom. The summed E-state index contributed by atoms with van der Waals surface area (Å²) < 4.78 is 5.71. The van der Waals surface area contributed by atoms with Gasteiger partial charge in [-0.3, -0.25) is 14.5 Å². The van der Waals surface area contributed by atoms with Crippen LogP contribution < -0.4 is 10.1 Å². The van der Waals surface area contributed by atoms with E-state index in [2.05, 4.69) is 22.0 Å². The molecule has 1 aliphatic carbocycles. The first-order valence-corrected chi connectivity index (χ1v) is 11.6. The number of nitrogens with one attached hydrogen (secondary N) is 1. The van der Waals surface area contributed by atoms with Gasteiger partial charge in [-0.05, 0) is 76.4 Å². The van der Waals surface area contributed by atoms with Crippen molar-refractivity contribution in [3.8, 4) is 5.75 Å².